The molecule has 0 heterocycles. The number of unbranched alkanes of at least 4 members (excludes halogenated alkanes) is 1. The summed E-state index contributed by atoms with van der Waals surface area (Å²) in [6, 6.07) is 0. The third-order valence-corrected chi connectivity index (χ3v) is 0.941. The molecule has 0 bridgehead atoms. The molecule has 0 atom stereocenters. The fraction of sp³-hybridized carbons (Fsp3) is 0.667. The highest BCUT2D eigenvalue weighted by Gasteiger charge is 1.99. The number of azo groups is 1. The first-order valence-corrected chi connectivity index (χ1v) is 3.48. The lowest BCUT2D eigenvalue weighted by atomic mass is 10.4. The van der Waals surface area contributed by atoms with Gasteiger partial charge in [-0.05, 0) is 6.42 Å². The van der Waals surface area contributed by atoms with Crippen molar-refractivity contribution in [1.29, 1.82) is 0 Å². The van der Waals surface area contributed by atoms with Gasteiger partial charge in [-0.1, -0.05) is 23.6 Å². The summed E-state index contributed by atoms with van der Waals surface area (Å²) >= 11 is 0. The highest BCUT2D eigenvalue weighted by molar-refractivity contribution is 5.71. The Kier molecular flexibility index (Phi) is 5.50. The van der Waals surface area contributed by atoms with Gasteiger partial charge in [-0.3, -0.25) is 0 Å². The van der Waals surface area contributed by atoms with Gasteiger partial charge < -0.3 is 9.84 Å². The van der Waals surface area contributed by atoms with Crippen LogP contribution in [0, 0.1) is 0 Å². The van der Waals surface area contributed by atoms with E-state index in [2.05, 4.69) is 15.0 Å². The molecule has 12 heavy (non-hydrogen) atoms. The van der Waals surface area contributed by atoms with Crippen LogP contribution >= 0.6 is 0 Å². The fourth-order valence-corrected chi connectivity index (χ4v) is 0.416. The van der Waals surface area contributed by atoms with E-state index in [9.17, 15) is 9.59 Å². The van der Waals surface area contributed by atoms with Crippen molar-refractivity contribution in [1.82, 2.24) is 0 Å². The number of amides is 2. The summed E-state index contributed by atoms with van der Waals surface area (Å²) in [6.45, 7) is 2.18. The van der Waals surface area contributed by atoms with Crippen LogP contribution in [0.5, 0.6) is 0 Å². The van der Waals surface area contributed by atoms with Crippen LogP contribution in [0.25, 0.3) is 0 Å². The number of hydrogen-bond acceptors (Lipinski definition) is 3. The summed E-state index contributed by atoms with van der Waals surface area (Å²) in [5, 5.41) is 13.3. The molecule has 0 aliphatic rings. The SMILES string of the molecule is CCCCOC(=O)N=NC(=O)O. The van der Waals surface area contributed by atoms with Crippen LogP contribution in [-0.4, -0.2) is 23.9 Å². The second-order valence-corrected chi connectivity index (χ2v) is 1.95. The molecular formula is C6H10N2O4. The Hall–Kier alpha value is -1.46. The first-order chi connectivity index (χ1) is 5.66. The molecule has 6 heteroatoms. The zero-order valence-corrected chi connectivity index (χ0v) is 6.69. The smallest absolute Gasteiger partial charge is 0.452 e. The van der Waals surface area contributed by atoms with E-state index in [0.29, 0.717) is 0 Å². The van der Waals surface area contributed by atoms with Crippen molar-refractivity contribution >= 4 is 12.2 Å². The predicted octanol–water partition coefficient (Wildman–Crippen LogP) is 2.05. The quantitative estimate of drug-likeness (QED) is 0.523. The maximum absolute atomic E-state index is 10.5. The van der Waals surface area contributed by atoms with Gasteiger partial charge in [-0.2, -0.15) is 0 Å². The lowest BCUT2D eigenvalue weighted by Gasteiger charge is -1.96. The molecule has 0 aromatic heterocycles. The van der Waals surface area contributed by atoms with Gasteiger partial charge in [0.1, 0.15) is 0 Å². The van der Waals surface area contributed by atoms with E-state index in [4.69, 9.17) is 5.11 Å². The minimum absolute atomic E-state index is 0.244. The van der Waals surface area contributed by atoms with Crippen molar-refractivity contribution in [3.63, 3.8) is 0 Å². The molecular weight excluding hydrogens is 164 g/mol. The molecule has 0 aliphatic heterocycles. The Morgan fingerprint density at radius 3 is 2.58 bits per heavy atom. The van der Waals surface area contributed by atoms with Gasteiger partial charge in [-0.25, -0.2) is 9.59 Å². The third kappa shape index (κ3) is 6.66. The number of ether oxygens (including phenoxy) is 1. The molecule has 0 aliphatic carbocycles. The maximum atomic E-state index is 10.5. The predicted molar refractivity (Wildman–Crippen MR) is 39.1 cm³/mol. The van der Waals surface area contributed by atoms with Crippen molar-refractivity contribution < 1.29 is 19.4 Å². The lowest BCUT2D eigenvalue weighted by Crippen LogP contribution is -2.00. The number of carbonyl (C=O) groups excluding carboxylic acids is 1. The van der Waals surface area contributed by atoms with Gasteiger partial charge in [0, 0.05) is 0 Å². The third-order valence-electron chi connectivity index (χ3n) is 0.941. The molecule has 0 spiro atoms. The summed E-state index contributed by atoms with van der Waals surface area (Å²) in [7, 11) is 0. The number of carboxylic acid groups (broad SMARTS) is 1. The van der Waals surface area contributed by atoms with Gasteiger partial charge in [0.05, 0.1) is 6.61 Å². The highest BCUT2D eigenvalue weighted by Crippen LogP contribution is 1.91. The van der Waals surface area contributed by atoms with E-state index in [-0.39, 0.29) is 6.61 Å². The average molecular weight is 174 g/mol. The average Bonchev–Trinajstić information content (AvgIpc) is 2.01. The Morgan fingerprint density at radius 1 is 1.42 bits per heavy atom. The van der Waals surface area contributed by atoms with E-state index < -0.39 is 12.2 Å². The number of rotatable bonds is 3. The van der Waals surface area contributed by atoms with E-state index in [1.807, 2.05) is 6.92 Å². The van der Waals surface area contributed by atoms with Crippen molar-refractivity contribution in [3.05, 3.63) is 0 Å². The van der Waals surface area contributed by atoms with E-state index >= 15 is 0 Å². The molecule has 0 radical (unpaired) electrons. The number of nitrogens with zero attached hydrogens (tertiary/aromatic N) is 2. The van der Waals surface area contributed by atoms with Crippen molar-refractivity contribution in [2.24, 2.45) is 10.2 Å². The van der Waals surface area contributed by atoms with Crippen LogP contribution in [0.15, 0.2) is 10.2 Å². The number of carbonyl (C=O) groups is 2. The van der Waals surface area contributed by atoms with E-state index in [1.165, 1.54) is 0 Å². The van der Waals surface area contributed by atoms with Gasteiger partial charge in [0.2, 0.25) is 0 Å². The second-order valence-electron chi connectivity index (χ2n) is 1.95. The summed E-state index contributed by atoms with van der Waals surface area (Å²) in [6.07, 6.45) is -0.856. The topological polar surface area (TPSA) is 88.3 Å². The van der Waals surface area contributed by atoms with E-state index in [1.54, 1.807) is 0 Å². The molecule has 0 unspecified atom stereocenters. The molecule has 1 N–H and O–H groups in total. The standard InChI is InChI=1S/C6H10N2O4/c1-2-3-4-12-6(11)8-7-5(9)10/h2-4H2,1H3,(H,9,10). The first kappa shape index (κ1) is 10.5. The number of hydrogen-bond donors (Lipinski definition) is 1. The molecule has 0 aromatic rings. The minimum Gasteiger partial charge on any atom is -0.462 e. The van der Waals surface area contributed by atoms with Crippen molar-refractivity contribution in [2.45, 2.75) is 19.8 Å². The molecule has 0 saturated heterocycles. The molecule has 0 aromatic carbocycles. The monoisotopic (exact) mass is 174 g/mol. The van der Waals surface area contributed by atoms with Crippen LogP contribution in [-0.2, 0) is 4.74 Å². The Bertz CT molecular complexity index is 190. The zero-order chi connectivity index (χ0) is 9.40. The van der Waals surface area contributed by atoms with Gasteiger partial charge in [-0.15, -0.1) is 0 Å². The van der Waals surface area contributed by atoms with Crippen LogP contribution in [0.2, 0.25) is 0 Å². The zero-order valence-electron chi connectivity index (χ0n) is 6.69. The Morgan fingerprint density at radius 2 is 2.08 bits per heavy atom. The van der Waals surface area contributed by atoms with E-state index in [0.717, 1.165) is 12.8 Å². The van der Waals surface area contributed by atoms with Gasteiger partial charge in [0.15, 0.2) is 0 Å². The molecule has 6 nitrogen and oxygen atoms in total. The summed E-state index contributed by atoms with van der Waals surface area (Å²) in [5.41, 5.74) is 0. The summed E-state index contributed by atoms with van der Waals surface area (Å²) < 4.78 is 4.47. The normalized spacial score (nSPS) is 10.1. The van der Waals surface area contributed by atoms with Crippen LogP contribution < -0.4 is 0 Å². The molecule has 68 valence electrons. The fourth-order valence-electron chi connectivity index (χ4n) is 0.416. The molecule has 2 amide bonds. The van der Waals surface area contributed by atoms with Crippen molar-refractivity contribution in [2.75, 3.05) is 6.61 Å². The van der Waals surface area contributed by atoms with Crippen LogP contribution in [0.1, 0.15) is 19.8 Å². The van der Waals surface area contributed by atoms with Gasteiger partial charge in [0.25, 0.3) is 0 Å². The highest BCUT2D eigenvalue weighted by atomic mass is 16.5. The molecule has 0 saturated carbocycles. The van der Waals surface area contributed by atoms with Crippen molar-refractivity contribution in [3.8, 4) is 0 Å². The summed E-state index contributed by atoms with van der Waals surface area (Å²) in [5.74, 6) is 0. The van der Waals surface area contributed by atoms with Gasteiger partial charge >= 0.3 is 12.2 Å². The van der Waals surface area contributed by atoms with Crippen LogP contribution in [0.3, 0.4) is 0 Å². The minimum atomic E-state index is -1.51. The first-order valence-electron chi connectivity index (χ1n) is 3.48. The largest absolute Gasteiger partial charge is 0.462 e. The Balaban J connectivity index is 3.53. The molecule has 0 rings (SSSR count). The maximum Gasteiger partial charge on any atom is 0.452 e. The van der Waals surface area contributed by atoms with Crippen LogP contribution in [0.4, 0.5) is 9.59 Å². The Labute approximate surface area is 69.2 Å². The second kappa shape index (κ2) is 6.26. The summed E-state index contributed by atoms with van der Waals surface area (Å²) in [4.78, 5) is 20.2. The molecule has 0 fully saturated rings. The lowest BCUT2D eigenvalue weighted by molar-refractivity contribution is 0.152.